The minimum Gasteiger partial charge on any atom is -0.296 e. The number of carbonyl (C=O) groups is 1. The zero-order chi connectivity index (χ0) is 19.5. The smallest absolute Gasteiger partial charge is 0.276 e. The zero-order valence-corrected chi connectivity index (χ0v) is 16.4. The van der Waals surface area contributed by atoms with Gasteiger partial charge in [-0.15, -0.1) is 0 Å². The van der Waals surface area contributed by atoms with E-state index in [9.17, 15) is 17.6 Å². The highest BCUT2D eigenvalue weighted by molar-refractivity contribution is 7.91. The predicted octanol–water partition coefficient (Wildman–Crippen LogP) is 2.73. The Morgan fingerprint density at radius 1 is 1.32 bits per heavy atom. The molecule has 5 rings (SSSR count). The van der Waals surface area contributed by atoms with Gasteiger partial charge in [-0.2, -0.15) is 5.10 Å². The number of hydrogen-bond acceptors (Lipinski definition) is 6. The first-order valence-corrected chi connectivity index (χ1v) is 11.7. The number of thiazole rings is 1. The second-order valence-corrected chi connectivity index (χ2v) is 10.5. The van der Waals surface area contributed by atoms with Gasteiger partial charge in [-0.3, -0.25) is 14.8 Å². The minimum atomic E-state index is -3.10. The first-order valence-electron chi connectivity index (χ1n) is 9.08. The Bertz CT molecular complexity index is 1220. The molecule has 1 aliphatic carbocycles. The molecule has 2 aliphatic rings. The average Bonchev–Trinajstić information content (AvgIpc) is 3.35. The highest BCUT2D eigenvalue weighted by Crippen LogP contribution is 2.32. The monoisotopic (exact) mass is 420 g/mol. The van der Waals surface area contributed by atoms with Gasteiger partial charge in [0.2, 0.25) is 0 Å². The molecule has 1 fully saturated rings. The number of aromatic nitrogens is 3. The minimum absolute atomic E-state index is 0.00819. The van der Waals surface area contributed by atoms with Gasteiger partial charge < -0.3 is 0 Å². The number of halogens is 1. The van der Waals surface area contributed by atoms with Gasteiger partial charge in [-0.05, 0) is 43.9 Å². The molecule has 1 N–H and O–H groups in total. The topological polar surface area (TPSA) is 93.9 Å². The van der Waals surface area contributed by atoms with Crippen molar-refractivity contribution in [1.82, 2.24) is 14.8 Å². The summed E-state index contributed by atoms with van der Waals surface area (Å²) in [4.78, 5) is 17.4. The van der Waals surface area contributed by atoms with Crippen LogP contribution in [0.25, 0.3) is 10.2 Å². The summed E-state index contributed by atoms with van der Waals surface area (Å²) >= 11 is 1.20. The van der Waals surface area contributed by atoms with Crippen LogP contribution in [0.1, 0.15) is 40.6 Å². The number of benzene rings is 1. The van der Waals surface area contributed by atoms with Crippen LogP contribution in [0.3, 0.4) is 0 Å². The second kappa shape index (κ2) is 6.35. The van der Waals surface area contributed by atoms with E-state index in [1.54, 1.807) is 10.7 Å². The Morgan fingerprint density at radius 3 is 2.96 bits per heavy atom. The number of carbonyl (C=O) groups excluding carboxylic acids is 1. The summed E-state index contributed by atoms with van der Waals surface area (Å²) in [5, 5.41) is 7.76. The maximum absolute atomic E-state index is 13.4. The lowest BCUT2D eigenvalue weighted by atomic mass is 10.1. The Labute approximate surface area is 164 Å². The van der Waals surface area contributed by atoms with Gasteiger partial charge in [0.05, 0.1) is 33.5 Å². The molecule has 0 spiro atoms. The lowest BCUT2D eigenvalue weighted by Gasteiger charge is -2.14. The van der Waals surface area contributed by atoms with Crippen molar-refractivity contribution in [3.63, 3.8) is 0 Å². The average molecular weight is 420 g/mol. The Kier molecular flexibility index (Phi) is 4.02. The lowest BCUT2D eigenvalue weighted by Crippen LogP contribution is -2.23. The fourth-order valence-electron chi connectivity index (χ4n) is 3.99. The number of nitrogens with one attached hydrogen (secondary N) is 1. The van der Waals surface area contributed by atoms with Gasteiger partial charge in [-0.1, -0.05) is 11.3 Å². The van der Waals surface area contributed by atoms with Crippen molar-refractivity contribution in [1.29, 1.82) is 0 Å². The normalized spacial score (nSPS) is 20.5. The summed E-state index contributed by atoms with van der Waals surface area (Å²) in [6.07, 6.45) is 2.94. The summed E-state index contributed by atoms with van der Waals surface area (Å²) in [5.74, 6) is -0.576. The van der Waals surface area contributed by atoms with Crippen LogP contribution in [0.2, 0.25) is 0 Å². The molecule has 1 aliphatic heterocycles. The van der Waals surface area contributed by atoms with E-state index in [0.29, 0.717) is 27.5 Å². The summed E-state index contributed by atoms with van der Waals surface area (Å²) in [6, 6.07) is 3.97. The van der Waals surface area contributed by atoms with Crippen LogP contribution in [0.5, 0.6) is 0 Å². The molecule has 1 unspecified atom stereocenters. The second-order valence-electron chi connectivity index (χ2n) is 7.21. The van der Waals surface area contributed by atoms with E-state index in [2.05, 4.69) is 15.4 Å². The van der Waals surface area contributed by atoms with Crippen LogP contribution >= 0.6 is 11.3 Å². The number of rotatable bonds is 3. The molecule has 3 aromatic rings. The van der Waals surface area contributed by atoms with Gasteiger partial charge in [0.15, 0.2) is 15.0 Å². The van der Waals surface area contributed by atoms with Gasteiger partial charge in [0.25, 0.3) is 5.91 Å². The molecule has 0 bridgehead atoms. The van der Waals surface area contributed by atoms with Gasteiger partial charge in [-0.25, -0.2) is 17.8 Å². The molecular formula is C18H17FN4O3S2. The molecule has 1 atom stereocenters. The van der Waals surface area contributed by atoms with E-state index in [1.807, 2.05) is 0 Å². The number of nitrogens with zero attached hydrogens (tertiary/aromatic N) is 3. The summed E-state index contributed by atoms with van der Waals surface area (Å²) < 4.78 is 39.5. The van der Waals surface area contributed by atoms with E-state index >= 15 is 0 Å². The third kappa shape index (κ3) is 3.00. The lowest BCUT2D eigenvalue weighted by molar-refractivity contribution is 0.101. The number of aryl methyl sites for hydroxylation is 1. The van der Waals surface area contributed by atoms with Gasteiger partial charge in [0, 0.05) is 5.56 Å². The van der Waals surface area contributed by atoms with Crippen LogP contribution in [0.15, 0.2) is 18.2 Å². The first kappa shape index (κ1) is 17.7. The number of hydrogen-bond donors (Lipinski definition) is 1. The number of fused-ring (bicyclic) bond motifs is 2. The highest BCUT2D eigenvalue weighted by Gasteiger charge is 2.35. The molecule has 0 radical (unpaired) electrons. The quantitative estimate of drug-likeness (QED) is 0.703. The van der Waals surface area contributed by atoms with Crippen molar-refractivity contribution in [3.05, 3.63) is 41.0 Å². The Morgan fingerprint density at radius 2 is 2.18 bits per heavy atom. The Hall–Kier alpha value is -2.33. The molecule has 146 valence electrons. The molecular weight excluding hydrogens is 403 g/mol. The number of sulfone groups is 1. The van der Waals surface area contributed by atoms with Crippen molar-refractivity contribution in [2.75, 3.05) is 16.8 Å². The van der Waals surface area contributed by atoms with Crippen molar-refractivity contribution in [2.24, 2.45) is 0 Å². The highest BCUT2D eigenvalue weighted by atomic mass is 32.2. The van der Waals surface area contributed by atoms with Crippen molar-refractivity contribution in [3.8, 4) is 0 Å². The molecule has 10 heteroatoms. The van der Waals surface area contributed by atoms with E-state index in [1.165, 1.54) is 23.5 Å². The molecule has 7 nitrogen and oxygen atoms in total. The van der Waals surface area contributed by atoms with E-state index in [0.717, 1.165) is 30.5 Å². The first-order chi connectivity index (χ1) is 13.4. The summed E-state index contributed by atoms with van der Waals surface area (Å²) in [7, 11) is -3.10. The molecule has 3 heterocycles. The van der Waals surface area contributed by atoms with Crippen LogP contribution < -0.4 is 5.32 Å². The molecule has 0 saturated carbocycles. The van der Waals surface area contributed by atoms with Crippen molar-refractivity contribution < 1.29 is 17.6 Å². The van der Waals surface area contributed by atoms with Gasteiger partial charge >= 0.3 is 0 Å². The van der Waals surface area contributed by atoms with Crippen LogP contribution in [0.4, 0.5) is 9.52 Å². The maximum atomic E-state index is 13.4. The van der Waals surface area contributed by atoms with E-state index in [4.69, 9.17) is 0 Å². The summed E-state index contributed by atoms with van der Waals surface area (Å²) in [6.45, 7) is 0. The fraction of sp³-hybridized carbons (Fsp3) is 0.389. The third-order valence-corrected chi connectivity index (χ3v) is 7.96. The fourth-order valence-corrected chi connectivity index (χ4v) is 6.57. The molecule has 2 aromatic heterocycles. The maximum Gasteiger partial charge on any atom is 0.276 e. The molecule has 1 saturated heterocycles. The van der Waals surface area contributed by atoms with E-state index in [-0.39, 0.29) is 29.3 Å². The van der Waals surface area contributed by atoms with Crippen LogP contribution in [-0.2, 0) is 22.7 Å². The number of anilines is 1. The summed E-state index contributed by atoms with van der Waals surface area (Å²) in [5.41, 5.74) is 2.82. The number of amides is 1. The standard InChI is InChI=1S/C18H17FN4O3S2/c19-10-4-5-14-15(8-10)27-18(20-14)21-17(24)16-12-2-1-3-13(12)22-23(16)11-6-7-28(25,26)9-11/h4-5,8,11H,1-3,6-7,9H2,(H,20,21,24). The SMILES string of the molecule is O=C(Nc1nc2ccc(F)cc2s1)c1c2c(nn1C1CCS(=O)(=O)C1)CCC2. The van der Waals surface area contributed by atoms with Crippen LogP contribution in [-0.4, -0.2) is 40.6 Å². The third-order valence-electron chi connectivity index (χ3n) is 5.27. The van der Waals surface area contributed by atoms with E-state index < -0.39 is 9.84 Å². The van der Waals surface area contributed by atoms with Crippen molar-refractivity contribution >= 4 is 42.4 Å². The largest absolute Gasteiger partial charge is 0.296 e. The van der Waals surface area contributed by atoms with Crippen molar-refractivity contribution in [2.45, 2.75) is 31.7 Å². The predicted molar refractivity (Wildman–Crippen MR) is 104 cm³/mol. The van der Waals surface area contributed by atoms with Crippen LogP contribution in [0, 0.1) is 5.82 Å². The Balaban J connectivity index is 1.50. The molecule has 1 aromatic carbocycles. The van der Waals surface area contributed by atoms with Gasteiger partial charge in [0.1, 0.15) is 11.5 Å². The molecule has 1 amide bonds. The molecule has 28 heavy (non-hydrogen) atoms. The zero-order valence-electron chi connectivity index (χ0n) is 14.8.